The van der Waals surface area contributed by atoms with Crippen molar-refractivity contribution < 1.29 is 0 Å². The minimum Gasteiger partial charge on any atom is -0.324 e. The van der Waals surface area contributed by atoms with Gasteiger partial charge < -0.3 is 5.73 Å². The van der Waals surface area contributed by atoms with Crippen molar-refractivity contribution >= 4 is 15.9 Å². The van der Waals surface area contributed by atoms with Gasteiger partial charge in [0.1, 0.15) is 0 Å². The van der Waals surface area contributed by atoms with Crippen molar-refractivity contribution in [1.82, 2.24) is 0 Å². The third-order valence-electron chi connectivity index (χ3n) is 2.96. The van der Waals surface area contributed by atoms with Gasteiger partial charge in [-0.15, -0.1) is 0 Å². The SMILES string of the molecule is CCC(N)c1ccc(-c2ccccc2Br)cc1. The number of hydrogen-bond donors (Lipinski definition) is 1. The van der Waals surface area contributed by atoms with Gasteiger partial charge in [-0.2, -0.15) is 0 Å². The summed E-state index contributed by atoms with van der Waals surface area (Å²) in [5.41, 5.74) is 9.63. The Morgan fingerprint density at radius 1 is 1.06 bits per heavy atom. The number of benzene rings is 2. The summed E-state index contributed by atoms with van der Waals surface area (Å²) in [4.78, 5) is 0. The van der Waals surface area contributed by atoms with Crippen LogP contribution in [0.2, 0.25) is 0 Å². The summed E-state index contributed by atoms with van der Waals surface area (Å²) in [6.45, 7) is 2.10. The molecule has 0 saturated heterocycles. The molecule has 2 rings (SSSR count). The monoisotopic (exact) mass is 289 g/mol. The third-order valence-corrected chi connectivity index (χ3v) is 3.66. The number of hydrogen-bond acceptors (Lipinski definition) is 1. The standard InChI is InChI=1S/C15H16BrN/c1-2-15(17)12-9-7-11(8-10-12)13-5-3-4-6-14(13)16/h3-10,15H,2,17H2,1H3. The van der Waals surface area contributed by atoms with Crippen LogP contribution in [0.25, 0.3) is 11.1 Å². The average molecular weight is 290 g/mol. The first-order valence-corrected chi connectivity index (χ1v) is 6.62. The van der Waals surface area contributed by atoms with E-state index >= 15 is 0 Å². The highest BCUT2D eigenvalue weighted by Gasteiger charge is 2.05. The lowest BCUT2D eigenvalue weighted by Gasteiger charge is -2.10. The Labute approximate surface area is 111 Å². The van der Waals surface area contributed by atoms with Crippen molar-refractivity contribution in [2.45, 2.75) is 19.4 Å². The zero-order chi connectivity index (χ0) is 12.3. The van der Waals surface area contributed by atoms with Gasteiger partial charge in [-0.3, -0.25) is 0 Å². The minimum absolute atomic E-state index is 0.142. The quantitative estimate of drug-likeness (QED) is 0.883. The molecule has 2 heteroatoms. The van der Waals surface area contributed by atoms with Crippen LogP contribution >= 0.6 is 15.9 Å². The predicted molar refractivity (Wildman–Crippen MR) is 76.8 cm³/mol. The number of halogens is 1. The van der Waals surface area contributed by atoms with E-state index in [1.807, 2.05) is 12.1 Å². The highest BCUT2D eigenvalue weighted by atomic mass is 79.9. The predicted octanol–water partition coefficient (Wildman–Crippen LogP) is 4.53. The molecule has 1 unspecified atom stereocenters. The van der Waals surface area contributed by atoms with Crippen LogP contribution in [0.4, 0.5) is 0 Å². The van der Waals surface area contributed by atoms with Crippen LogP contribution in [0, 0.1) is 0 Å². The molecule has 88 valence electrons. The van der Waals surface area contributed by atoms with Crippen LogP contribution < -0.4 is 5.73 Å². The fourth-order valence-corrected chi connectivity index (χ4v) is 2.35. The summed E-state index contributed by atoms with van der Waals surface area (Å²) in [7, 11) is 0. The third kappa shape index (κ3) is 2.76. The molecule has 0 saturated carbocycles. The van der Waals surface area contributed by atoms with Crippen LogP contribution in [-0.4, -0.2) is 0 Å². The van der Waals surface area contributed by atoms with Gasteiger partial charge in [-0.05, 0) is 29.2 Å². The van der Waals surface area contributed by atoms with Gasteiger partial charge in [-0.1, -0.05) is 65.3 Å². The lowest BCUT2D eigenvalue weighted by molar-refractivity contribution is 0.699. The van der Waals surface area contributed by atoms with Gasteiger partial charge in [-0.25, -0.2) is 0 Å². The Balaban J connectivity index is 2.33. The van der Waals surface area contributed by atoms with Gasteiger partial charge in [0.15, 0.2) is 0 Å². The lowest BCUT2D eigenvalue weighted by atomic mass is 10.0. The summed E-state index contributed by atoms with van der Waals surface area (Å²) in [5, 5.41) is 0. The maximum atomic E-state index is 6.00. The second kappa shape index (κ2) is 5.48. The van der Waals surface area contributed by atoms with Crippen LogP contribution in [0.15, 0.2) is 53.0 Å². The van der Waals surface area contributed by atoms with Crippen molar-refractivity contribution in [2.75, 3.05) is 0 Å². The molecular weight excluding hydrogens is 274 g/mol. The molecule has 0 aliphatic rings. The van der Waals surface area contributed by atoms with Gasteiger partial charge in [0.2, 0.25) is 0 Å². The second-order valence-electron chi connectivity index (χ2n) is 4.12. The van der Waals surface area contributed by atoms with Crippen molar-refractivity contribution in [3.8, 4) is 11.1 Å². The minimum atomic E-state index is 0.142. The van der Waals surface area contributed by atoms with Crippen LogP contribution in [-0.2, 0) is 0 Å². The molecule has 0 fully saturated rings. The molecule has 0 aliphatic heterocycles. The first-order chi connectivity index (χ1) is 8.22. The summed E-state index contributed by atoms with van der Waals surface area (Å²) in [5.74, 6) is 0. The van der Waals surface area contributed by atoms with E-state index in [1.54, 1.807) is 0 Å². The van der Waals surface area contributed by atoms with E-state index in [2.05, 4.69) is 59.3 Å². The fourth-order valence-electron chi connectivity index (χ4n) is 1.84. The van der Waals surface area contributed by atoms with Gasteiger partial charge in [0.25, 0.3) is 0 Å². The Morgan fingerprint density at radius 3 is 2.29 bits per heavy atom. The zero-order valence-corrected chi connectivity index (χ0v) is 11.4. The molecule has 2 N–H and O–H groups in total. The molecule has 0 bridgehead atoms. The van der Waals surface area contributed by atoms with Gasteiger partial charge >= 0.3 is 0 Å². The highest BCUT2D eigenvalue weighted by molar-refractivity contribution is 9.10. The number of nitrogens with two attached hydrogens (primary N) is 1. The van der Waals surface area contributed by atoms with E-state index in [-0.39, 0.29) is 6.04 Å². The second-order valence-corrected chi connectivity index (χ2v) is 4.97. The molecule has 0 heterocycles. The maximum absolute atomic E-state index is 6.00. The first-order valence-electron chi connectivity index (χ1n) is 5.83. The largest absolute Gasteiger partial charge is 0.324 e. The smallest absolute Gasteiger partial charge is 0.0292 e. The molecule has 2 aromatic rings. The molecule has 2 aromatic carbocycles. The molecule has 17 heavy (non-hydrogen) atoms. The first kappa shape index (κ1) is 12.3. The van der Waals surface area contributed by atoms with Crippen LogP contribution in [0.1, 0.15) is 24.9 Å². The molecule has 1 atom stereocenters. The van der Waals surface area contributed by atoms with Crippen molar-refractivity contribution in [2.24, 2.45) is 5.73 Å². The molecule has 0 radical (unpaired) electrons. The topological polar surface area (TPSA) is 26.0 Å². The number of rotatable bonds is 3. The summed E-state index contributed by atoms with van der Waals surface area (Å²) < 4.78 is 1.12. The zero-order valence-electron chi connectivity index (χ0n) is 9.86. The van der Waals surface area contributed by atoms with E-state index in [9.17, 15) is 0 Å². The summed E-state index contributed by atoms with van der Waals surface area (Å²) >= 11 is 3.57. The van der Waals surface area contributed by atoms with Crippen molar-refractivity contribution in [3.05, 3.63) is 58.6 Å². The average Bonchev–Trinajstić information content (AvgIpc) is 2.39. The lowest BCUT2D eigenvalue weighted by Crippen LogP contribution is -2.08. The Bertz CT molecular complexity index is 491. The van der Waals surface area contributed by atoms with E-state index in [1.165, 1.54) is 16.7 Å². The maximum Gasteiger partial charge on any atom is 0.0292 e. The Hall–Kier alpha value is -1.12. The van der Waals surface area contributed by atoms with E-state index in [0.717, 1.165) is 10.9 Å². The molecule has 0 aliphatic carbocycles. The fraction of sp³-hybridized carbons (Fsp3) is 0.200. The summed E-state index contributed by atoms with van der Waals surface area (Å²) in [6.07, 6.45) is 0.967. The highest BCUT2D eigenvalue weighted by Crippen LogP contribution is 2.28. The Morgan fingerprint density at radius 2 is 1.71 bits per heavy atom. The Kier molecular flexibility index (Phi) is 3.97. The van der Waals surface area contributed by atoms with E-state index in [0.29, 0.717) is 0 Å². The van der Waals surface area contributed by atoms with E-state index in [4.69, 9.17) is 5.73 Å². The van der Waals surface area contributed by atoms with Crippen molar-refractivity contribution in [3.63, 3.8) is 0 Å². The molecule has 0 amide bonds. The van der Waals surface area contributed by atoms with Gasteiger partial charge in [0, 0.05) is 10.5 Å². The molecule has 0 spiro atoms. The van der Waals surface area contributed by atoms with Gasteiger partial charge in [0.05, 0.1) is 0 Å². The summed E-state index contributed by atoms with van der Waals surface area (Å²) in [6, 6.07) is 16.9. The molecular formula is C15H16BrN. The molecule has 1 nitrogen and oxygen atoms in total. The van der Waals surface area contributed by atoms with Crippen molar-refractivity contribution in [1.29, 1.82) is 0 Å². The molecule has 0 aromatic heterocycles. The van der Waals surface area contributed by atoms with Crippen LogP contribution in [0.3, 0.4) is 0 Å². The van der Waals surface area contributed by atoms with Crippen LogP contribution in [0.5, 0.6) is 0 Å². The normalized spacial score (nSPS) is 12.4. The van der Waals surface area contributed by atoms with E-state index < -0.39 is 0 Å².